The Kier molecular flexibility index (Phi) is 6.48. The van der Waals surface area contributed by atoms with E-state index < -0.39 is 15.8 Å². The Bertz CT molecular complexity index is 1250. The second-order valence-corrected chi connectivity index (χ2v) is 9.79. The minimum atomic E-state index is -4.06. The number of para-hydroxylation sites is 1. The van der Waals surface area contributed by atoms with Crippen molar-refractivity contribution in [3.05, 3.63) is 94.8 Å². The molecule has 166 valence electrons. The highest BCUT2D eigenvalue weighted by atomic mass is 35.5. The SMILES string of the molecule is O=C(c1cccc(S(=O)(=O)Nc2ccccc2F)c1)N1CCCC1Cc1ccccc1Cl. The van der Waals surface area contributed by atoms with Crippen molar-refractivity contribution in [1.82, 2.24) is 4.90 Å². The number of halogens is 2. The number of benzene rings is 3. The molecule has 0 aromatic heterocycles. The Morgan fingerprint density at radius 2 is 1.81 bits per heavy atom. The van der Waals surface area contributed by atoms with Crippen molar-refractivity contribution in [1.29, 1.82) is 0 Å². The van der Waals surface area contributed by atoms with E-state index in [9.17, 15) is 17.6 Å². The van der Waals surface area contributed by atoms with Gasteiger partial charge in [-0.25, -0.2) is 12.8 Å². The van der Waals surface area contributed by atoms with Crippen molar-refractivity contribution in [2.75, 3.05) is 11.3 Å². The van der Waals surface area contributed by atoms with Crippen LogP contribution in [-0.2, 0) is 16.4 Å². The lowest BCUT2D eigenvalue weighted by Crippen LogP contribution is -2.37. The lowest BCUT2D eigenvalue weighted by molar-refractivity contribution is 0.0736. The van der Waals surface area contributed by atoms with Crippen molar-refractivity contribution in [3.63, 3.8) is 0 Å². The highest BCUT2D eigenvalue weighted by Crippen LogP contribution is 2.27. The third kappa shape index (κ3) is 4.79. The van der Waals surface area contributed by atoms with Gasteiger partial charge in [0, 0.05) is 23.2 Å². The lowest BCUT2D eigenvalue weighted by atomic mass is 10.0. The number of rotatable bonds is 6. The minimum Gasteiger partial charge on any atom is -0.335 e. The monoisotopic (exact) mass is 472 g/mol. The fourth-order valence-corrected chi connectivity index (χ4v) is 5.27. The first kappa shape index (κ1) is 22.3. The van der Waals surface area contributed by atoms with E-state index in [0.717, 1.165) is 18.4 Å². The molecule has 1 N–H and O–H groups in total. The van der Waals surface area contributed by atoms with Crippen LogP contribution in [0.25, 0.3) is 0 Å². The first-order valence-corrected chi connectivity index (χ1v) is 12.1. The average molecular weight is 473 g/mol. The van der Waals surface area contributed by atoms with Crippen LogP contribution >= 0.6 is 11.6 Å². The molecular formula is C24H22ClFN2O3S. The Hall–Kier alpha value is -2.90. The zero-order valence-corrected chi connectivity index (χ0v) is 18.7. The molecule has 0 spiro atoms. The number of amides is 1. The minimum absolute atomic E-state index is 0.0146. The predicted octanol–water partition coefficient (Wildman–Crippen LogP) is 5.13. The van der Waals surface area contributed by atoms with Crippen LogP contribution in [0.1, 0.15) is 28.8 Å². The summed E-state index contributed by atoms with van der Waals surface area (Å²) in [5.74, 6) is -0.912. The van der Waals surface area contributed by atoms with Gasteiger partial charge in [0.15, 0.2) is 0 Å². The van der Waals surface area contributed by atoms with Gasteiger partial charge in [-0.2, -0.15) is 0 Å². The summed E-state index contributed by atoms with van der Waals surface area (Å²) >= 11 is 6.29. The largest absolute Gasteiger partial charge is 0.335 e. The molecule has 1 aliphatic rings. The predicted molar refractivity (Wildman–Crippen MR) is 123 cm³/mol. The standard InChI is InChI=1S/C24H22ClFN2O3S/c25-21-11-2-1-7-17(21)15-19-9-6-14-28(19)24(29)18-8-5-10-20(16-18)32(30,31)27-23-13-4-3-12-22(23)26/h1-5,7-8,10-13,16,19,27H,6,9,14-15H2. The van der Waals surface area contributed by atoms with E-state index in [4.69, 9.17) is 11.6 Å². The maximum atomic E-state index is 13.9. The summed E-state index contributed by atoms with van der Waals surface area (Å²) in [6.07, 6.45) is 2.36. The Balaban J connectivity index is 1.55. The van der Waals surface area contributed by atoms with Crippen molar-refractivity contribution in [3.8, 4) is 0 Å². The van der Waals surface area contributed by atoms with E-state index >= 15 is 0 Å². The quantitative estimate of drug-likeness (QED) is 0.541. The molecule has 1 aliphatic heterocycles. The highest BCUT2D eigenvalue weighted by Gasteiger charge is 2.30. The van der Waals surface area contributed by atoms with Crippen LogP contribution in [-0.4, -0.2) is 31.8 Å². The first-order valence-electron chi connectivity index (χ1n) is 10.3. The average Bonchev–Trinajstić information content (AvgIpc) is 3.24. The normalized spacial score (nSPS) is 16.2. The van der Waals surface area contributed by atoms with E-state index in [-0.39, 0.29) is 28.1 Å². The van der Waals surface area contributed by atoms with Gasteiger partial charge >= 0.3 is 0 Å². The van der Waals surface area contributed by atoms with Crippen molar-refractivity contribution in [2.45, 2.75) is 30.2 Å². The van der Waals surface area contributed by atoms with Gasteiger partial charge in [-0.05, 0) is 61.2 Å². The summed E-state index contributed by atoms with van der Waals surface area (Å²) in [5, 5.41) is 0.666. The number of sulfonamides is 1. The van der Waals surface area contributed by atoms with E-state index in [1.54, 1.807) is 11.0 Å². The number of hydrogen-bond acceptors (Lipinski definition) is 3. The van der Waals surface area contributed by atoms with Crippen LogP contribution in [0.15, 0.2) is 77.7 Å². The maximum absolute atomic E-state index is 13.9. The number of likely N-dealkylation sites (tertiary alicyclic amines) is 1. The van der Waals surface area contributed by atoms with Crippen LogP contribution < -0.4 is 4.72 Å². The molecule has 32 heavy (non-hydrogen) atoms. The first-order chi connectivity index (χ1) is 15.3. The fraction of sp³-hybridized carbons (Fsp3) is 0.208. The molecule has 5 nitrogen and oxygen atoms in total. The summed E-state index contributed by atoms with van der Waals surface area (Å²) in [6.45, 7) is 0.596. The van der Waals surface area contributed by atoms with Crippen molar-refractivity contribution < 1.29 is 17.6 Å². The highest BCUT2D eigenvalue weighted by molar-refractivity contribution is 7.92. The summed E-state index contributed by atoms with van der Waals surface area (Å²) in [5.41, 5.74) is 1.10. The molecule has 1 heterocycles. The van der Waals surface area contributed by atoms with Gasteiger partial charge in [-0.15, -0.1) is 0 Å². The Labute approximate surface area is 191 Å². The van der Waals surface area contributed by atoms with Crippen LogP contribution in [0.2, 0.25) is 5.02 Å². The molecule has 0 aliphatic carbocycles. The second kappa shape index (κ2) is 9.30. The fourth-order valence-electron chi connectivity index (χ4n) is 3.94. The number of nitrogens with one attached hydrogen (secondary N) is 1. The molecule has 1 amide bonds. The summed E-state index contributed by atoms with van der Waals surface area (Å²) in [7, 11) is -4.06. The number of nitrogens with zero attached hydrogens (tertiary/aromatic N) is 1. The Morgan fingerprint density at radius 1 is 1.06 bits per heavy atom. The smallest absolute Gasteiger partial charge is 0.262 e. The molecule has 1 saturated heterocycles. The zero-order valence-electron chi connectivity index (χ0n) is 17.2. The third-order valence-corrected chi connectivity index (χ3v) is 7.29. The molecule has 1 unspecified atom stereocenters. The molecule has 0 saturated carbocycles. The van der Waals surface area contributed by atoms with Gasteiger partial charge in [0.1, 0.15) is 5.82 Å². The summed E-state index contributed by atoms with van der Waals surface area (Å²) < 4.78 is 41.7. The molecule has 1 fully saturated rings. The van der Waals surface area contributed by atoms with Crippen LogP contribution in [0, 0.1) is 5.82 Å². The molecule has 8 heteroatoms. The van der Waals surface area contributed by atoms with Gasteiger partial charge in [0.05, 0.1) is 10.6 Å². The van der Waals surface area contributed by atoms with Gasteiger partial charge < -0.3 is 4.90 Å². The van der Waals surface area contributed by atoms with Crippen LogP contribution in [0.5, 0.6) is 0 Å². The maximum Gasteiger partial charge on any atom is 0.262 e. The van der Waals surface area contributed by atoms with E-state index in [1.165, 1.54) is 42.5 Å². The van der Waals surface area contributed by atoms with Gasteiger partial charge in [0.2, 0.25) is 0 Å². The number of carbonyl (C=O) groups excluding carboxylic acids is 1. The van der Waals surface area contributed by atoms with Crippen LogP contribution in [0.4, 0.5) is 10.1 Å². The number of hydrogen-bond donors (Lipinski definition) is 1. The number of carbonyl (C=O) groups is 1. The lowest BCUT2D eigenvalue weighted by Gasteiger charge is -2.25. The van der Waals surface area contributed by atoms with E-state index in [0.29, 0.717) is 18.0 Å². The molecule has 0 bridgehead atoms. The molecule has 1 atom stereocenters. The molecule has 0 radical (unpaired) electrons. The zero-order chi connectivity index (χ0) is 22.7. The van der Waals surface area contributed by atoms with E-state index in [1.807, 2.05) is 24.3 Å². The number of anilines is 1. The molecule has 3 aromatic carbocycles. The second-order valence-electron chi connectivity index (χ2n) is 7.70. The van der Waals surface area contributed by atoms with Crippen molar-refractivity contribution >= 4 is 33.2 Å². The van der Waals surface area contributed by atoms with Gasteiger partial charge in [0.25, 0.3) is 15.9 Å². The summed E-state index contributed by atoms with van der Waals surface area (Å²) in [6, 6.07) is 18.9. The van der Waals surface area contributed by atoms with Crippen LogP contribution in [0.3, 0.4) is 0 Å². The van der Waals surface area contributed by atoms with Gasteiger partial charge in [-0.3, -0.25) is 9.52 Å². The van der Waals surface area contributed by atoms with E-state index in [2.05, 4.69) is 4.72 Å². The van der Waals surface area contributed by atoms with Crippen molar-refractivity contribution in [2.24, 2.45) is 0 Å². The Morgan fingerprint density at radius 3 is 2.59 bits per heavy atom. The van der Waals surface area contributed by atoms with Gasteiger partial charge in [-0.1, -0.05) is 48.0 Å². The molecule has 4 rings (SSSR count). The third-order valence-electron chi connectivity index (χ3n) is 5.56. The topological polar surface area (TPSA) is 66.5 Å². The molecular weight excluding hydrogens is 451 g/mol. The summed E-state index contributed by atoms with van der Waals surface area (Å²) in [4.78, 5) is 14.9. The molecule has 3 aromatic rings.